The Kier molecular flexibility index (Phi) is 4.81. The van der Waals surface area contributed by atoms with E-state index < -0.39 is 18.5 Å². The van der Waals surface area contributed by atoms with Gasteiger partial charge in [-0.15, -0.1) is 0 Å². The Labute approximate surface area is 121 Å². The van der Waals surface area contributed by atoms with Crippen molar-refractivity contribution in [3.05, 3.63) is 24.2 Å². The average molecular weight is 295 g/mol. The van der Waals surface area contributed by atoms with Crippen LogP contribution in [0, 0.1) is 0 Å². The molecule has 2 heterocycles. The molecule has 1 aromatic heterocycles. The molecular weight excluding hydrogens is 278 g/mol. The first-order valence-corrected chi connectivity index (χ1v) is 6.65. The number of furan rings is 1. The van der Waals surface area contributed by atoms with Gasteiger partial charge in [0.15, 0.2) is 5.76 Å². The highest BCUT2D eigenvalue weighted by Crippen LogP contribution is 2.09. The summed E-state index contributed by atoms with van der Waals surface area (Å²) >= 11 is 0. The number of aliphatic carboxylic acids is 1. The smallest absolute Gasteiger partial charge is 0.323 e. The normalized spacial score (nSPS) is 15.4. The Morgan fingerprint density at radius 1 is 1.19 bits per heavy atom. The monoisotopic (exact) mass is 295 g/mol. The number of carbonyl (C=O) groups excluding carboxylic acids is 2. The average Bonchev–Trinajstić information content (AvgIpc) is 2.88. The molecule has 0 aliphatic carbocycles. The number of nitrogens with zero attached hydrogens (tertiary/aromatic N) is 2. The van der Waals surface area contributed by atoms with E-state index in [-0.39, 0.29) is 11.7 Å². The fourth-order valence-electron chi connectivity index (χ4n) is 2.14. The molecule has 1 fully saturated rings. The SMILES string of the molecule is O=C(O)CNC(=O)N1CCCN(C(=O)c2ccco2)CC1. The maximum Gasteiger partial charge on any atom is 0.323 e. The Morgan fingerprint density at radius 2 is 1.90 bits per heavy atom. The molecule has 1 aliphatic heterocycles. The van der Waals surface area contributed by atoms with Gasteiger partial charge in [0, 0.05) is 26.2 Å². The van der Waals surface area contributed by atoms with Gasteiger partial charge in [-0.25, -0.2) is 4.79 Å². The third kappa shape index (κ3) is 3.98. The number of hydrogen-bond acceptors (Lipinski definition) is 4. The molecule has 0 saturated carbocycles. The molecule has 0 unspecified atom stereocenters. The molecule has 0 atom stereocenters. The molecule has 8 nitrogen and oxygen atoms in total. The molecule has 0 spiro atoms. The first-order chi connectivity index (χ1) is 10.1. The van der Waals surface area contributed by atoms with Crippen molar-refractivity contribution in [2.75, 3.05) is 32.7 Å². The van der Waals surface area contributed by atoms with Crippen LogP contribution in [0.3, 0.4) is 0 Å². The second-order valence-corrected chi connectivity index (χ2v) is 4.66. The van der Waals surface area contributed by atoms with Crippen molar-refractivity contribution in [1.82, 2.24) is 15.1 Å². The van der Waals surface area contributed by atoms with Crippen molar-refractivity contribution in [1.29, 1.82) is 0 Å². The van der Waals surface area contributed by atoms with Crippen LogP contribution in [-0.4, -0.2) is 65.5 Å². The zero-order chi connectivity index (χ0) is 15.2. The summed E-state index contributed by atoms with van der Waals surface area (Å²) in [4.78, 5) is 37.5. The van der Waals surface area contributed by atoms with E-state index in [1.807, 2.05) is 0 Å². The zero-order valence-electron chi connectivity index (χ0n) is 11.4. The maximum atomic E-state index is 12.1. The van der Waals surface area contributed by atoms with Crippen LogP contribution in [0.2, 0.25) is 0 Å². The summed E-state index contributed by atoms with van der Waals surface area (Å²) in [6, 6.07) is 2.83. The Hall–Kier alpha value is -2.51. The minimum atomic E-state index is -1.09. The van der Waals surface area contributed by atoms with Gasteiger partial charge in [0.05, 0.1) is 6.26 Å². The summed E-state index contributed by atoms with van der Waals surface area (Å²) in [6.07, 6.45) is 2.07. The predicted octanol–water partition coefficient (Wildman–Crippen LogP) is 0.222. The number of carbonyl (C=O) groups is 3. The lowest BCUT2D eigenvalue weighted by atomic mass is 10.3. The van der Waals surface area contributed by atoms with Gasteiger partial charge in [-0.2, -0.15) is 0 Å². The Morgan fingerprint density at radius 3 is 2.57 bits per heavy atom. The summed E-state index contributed by atoms with van der Waals surface area (Å²) in [6.45, 7) is 1.35. The molecule has 2 N–H and O–H groups in total. The third-order valence-corrected chi connectivity index (χ3v) is 3.19. The standard InChI is InChI=1S/C13H17N3O5/c17-11(18)9-14-13(20)16-5-2-4-15(6-7-16)12(19)10-3-1-8-21-10/h1,3,8H,2,4-7,9H2,(H,14,20)(H,17,18). The van der Waals surface area contributed by atoms with Crippen molar-refractivity contribution in [3.63, 3.8) is 0 Å². The molecule has 114 valence electrons. The molecule has 3 amide bonds. The molecule has 0 aromatic carbocycles. The fraction of sp³-hybridized carbons (Fsp3) is 0.462. The lowest BCUT2D eigenvalue weighted by Crippen LogP contribution is -2.44. The summed E-state index contributed by atoms with van der Waals surface area (Å²) in [7, 11) is 0. The van der Waals surface area contributed by atoms with Gasteiger partial charge >= 0.3 is 12.0 Å². The highest BCUT2D eigenvalue weighted by atomic mass is 16.4. The third-order valence-electron chi connectivity index (χ3n) is 3.19. The van der Waals surface area contributed by atoms with Crippen LogP contribution in [0.4, 0.5) is 4.79 Å². The summed E-state index contributed by atoms with van der Waals surface area (Å²) in [5.74, 6) is -1.01. The molecular formula is C13H17N3O5. The highest BCUT2D eigenvalue weighted by Gasteiger charge is 2.24. The van der Waals surface area contributed by atoms with Crippen LogP contribution in [0.15, 0.2) is 22.8 Å². The van der Waals surface area contributed by atoms with E-state index >= 15 is 0 Å². The highest BCUT2D eigenvalue weighted by molar-refractivity contribution is 5.91. The molecule has 1 saturated heterocycles. The van der Waals surface area contributed by atoms with Crippen molar-refractivity contribution in [2.45, 2.75) is 6.42 Å². The van der Waals surface area contributed by atoms with Crippen LogP contribution >= 0.6 is 0 Å². The van der Waals surface area contributed by atoms with E-state index in [0.29, 0.717) is 32.6 Å². The van der Waals surface area contributed by atoms with Crippen molar-refractivity contribution in [2.24, 2.45) is 0 Å². The summed E-state index contributed by atoms with van der Waals surface area (Å²) in [5, 5.41) is 10.9. The zero-order valence-corrected chi connectivity index (χ0v) is 11.4. The van der Waals surface area contributed by atoms with Gasteiger partial charge in [-0.3, -0.25) is 9.59 Å². The summed E-state index contributed by atoms with van der Waals surface area (Å²) < 4.78 is 5.08. The number of carboxylic acid groups (broad SMARTS) is 1. The van der Waals surface area contributed by atoms with E-state index in [1.54, 1.807) is 17.0 Å². The number of rotatable bonds is 3. The first kappa shape index (κ1) is 14.9. The van der Waals surface area contributed by atoms with Gasteiger partial charge in [0.2, 0.25) is 0 Å². The minimum Gasteiger partial charge on any atom is -0.480 e. The molecule has 1 aliphatic rings. The molecule has 0 bridgehead atoms. The minimum absolute atomic E-state index is 0.201. The second kappa shape index (κ2) is 6.78. The Balaban J connectivity index is 1.88. The van der Waals surface area contributed by atoms with Gasteiger partial charge < -0.3 is 24.6 Å². The van der Waals surface area contributed by atoms with E-state index in [0.717, 1.165) is 0 Å². The Bertz CT molecular complexity index is 514. The number of urea groups is 1. The van der Waals surface area contributed by atoms with E-state index in [9.17, 15) is 14.4 Å². The fourth-order valence-corrected chi connectivity index (χ4v) is 2.14. The quantitative estimate of drug-likeness (QED) is 0.830. The van der Waals surface area contributed by atoms with Crippen LogP contribution < -0.4 is 5.32 Å². The van der Waals surface area contributed by atoms with Gasteiger partial charge in [0.25, 0.3) is 5.91 Å². The van der Waals surface area contributed by atoms with Crippen molar-refractivity contribution in [3.8, 4) is 0 Å². The van der Waals surface area contributed by atoms with E-state index in [1.165, 1.54) is 11.2 Å². The topological polar surface area (TPSA) is 103 Å². The second-order valence-electron chi connectivity index (χ2n) is 4.66. The first-order valence-electron chi connectivity index (χ1n) is 6.65. The van der Waals surface area contributed by atoms with Crippen LogP contribution in [-0.2, 0) is 4.79 Å². The van der Waals surface area contributed by atoms with Gasteiger partial charge in [0.1, 0.15) is 6.54 Å². The predicted molar refractivity (Wildman–Crippen MR) is 71.8 cm³/mol. The largest absolute Gasteiger partial charge is 0.480 e. The van der Waals surface area contributed by atoms with Gasteiger partial charge in [-0.1, -0.05) is 0 Å². The number of hydrogen-bond donors (Lipinski definition) is 2. The molecule has 1 aromatic rings. The van der Waals surface area contributed by atoms with Gasteiger partial charge in [-0.05, 0) is 18.6 Å². The lowest BCUT2D eigenvalue weighted by Gasteiger charge is -2.21. The molecule has 2 rings (SSSR count). The lowest BCUT2D eigenvalue weighted by molar-refractivity contribution is -0.135. The van der Waals surface area contributed by atoms with Crippen LogP contribution in [0.1, 0.15) is 17.0 Å². The van der Waals surface area contributed by atoms with E-state index in [4.69, 9.17) is 9.52 Å². The van der Waals surface area contributed by atoms with Crippen molar-refractivity contribution >= 4 is 17.9 Å². The molecule has 21 heavy (non-hydrogen) atoms. The molecule has 0 radical (unpaired) electrons. The number of nitrogens with one attached hydrogen (secondary N) is 1. The van der Waals surface area contributed by atoms with Crippen LogP contribution in [0.25, 0.3) is 0 Å². The van der Waals surface area contributed by atoms with E-state index in [2.05, 4.69) is 5.32 Å². The summed E-state index contributed by atoms with van der Waals surface area (Å²) in [5.41, 5.74) is 0. The molecule has 8 heteroatoms. The number of amides is 3. The maximum absolute atomic E-state index is 12.1. The van der Waals surface area contributed by atoms with Crippen LogP contribution in [0.5, 0.6) is 0 Å². The van der Waals surface area contributed by atoms with Crippen molar-refractivity contribution < 1.29 is 23.9 Å². The number of carboxylic acids is 1.